The predicted molar refractivity (Wildman–Crippen MR) is 82.9 cm³/mol. The molecule has 116 valence electrons. The van der Waals surface area contributed by atoms with E-state index in [0.29, 0.717) is 6.54 Å². The van der Waals surface area contributed by atoms with Crippen molar-refractivity contribution in [1.29, 1.82) is 0 Å². The summed E-state index contributed by atoms with van der Waals surface area (Å²) >= 11 is 0. The largest absolute Gasteiger partial charge is 0.468 e. The van der Waals surface area contributed by atoms with Gasteiger partial charge < -0.3 is 10.1 Å². The second-order valence-corrected chi connectivity index (χ2v) is 5.10. The van der Waals surface area contributed by atoms with Gasteiger partial charge in [-0.25, -0.2) is 0 Å². The molecule has 1 aliphatic heterocycles. The summed E-state index contributed by atoms with van der Waals surface area (Å²) in [5.74, 6) is 5.49. The van der Waals surface area contributed by atoms with Crippen LogP contribution in [0.1, 0.15) is 18.4 Å². The van der Waals surface area contributed by atoms with Gasteiger partial charge in [0.05, 0.1) is 20.2 Å². The summed E-state index contributed by atoms with van der Waals surface area (Å²) in [6, 6.07) is 9.30. The summed E-state index contributed by atoms with van der Waals surface area (Å²) in [6.45, 7) is 1.24. The van der Waals surface area contributed by atoms with Gasteiger partial charge in [-0.1, -0.05) is 30.0 Å². The third-order valence-corrected chi connectivity index (χ3v) is 3.56. The minimum atomic E-state index is -0.300. The molecule has 0 bridgehead atoms. The molecule has 1 atom stereocenters. The maximum Gasteiger partial charge on any atom is 0.323 e. The molecule has 1 heterocycles. The first-order chi connectivity index (χ1) is 10.7. The van der Waals surface area contributed by atoms with Gasteiger partial charge in [0.1, 0.15) is 6.04 Å². The number of esters is 1. The highest BCUT2D eigenvalue weighted by atomic mass is 16.5. The number of nitrogens with one attached hydrogen (secondary N) is 1. The highest BCUT2D eigenvalue weighted by Crippen LogP contribution is 2.17. The first-order valence-electron chi connectivity index (χ1n) is 7.33. The Morgan fingerprint density at radius 2 is 2.14 bits per heavy atom. The number of hydrogen-bond acceptors (Lipinski definition) is 4. The van der Waals surface area contributed by atoms with E-state index in [9.17, 15) is 9.59 Å². The summed E-state index contributed by atoms with van der Waals surface area (Å²) in [5, 5.41) is 2.75. The summed E-state index contributed by atoms with van der Waals surface area (Å²) in [7, 11) is 1.37. The number of ether oxygens (including phenoxy) is 1. The van der Waals surface area contributed by atoms with E-state index in [0.717, 1.165) is 24.9 Å². The number of likely N-dealkylation sites (tertiary alicyclic amines) is 1. The molecular formula is C17H20N2O3. The molecule has 1 N–H and O–H groups in total. The van der Waals surface area contributed by atoms with Crippen molar-refractivity contribution in [3.63, 3.8) is 0 Å². The molecule has 5 nitrogen and oxygen atoms in total. The van der Waals surface area contributed by atoms with Crippen molar-refractivity contribution >= 4 is 11.9 Å². The van der Waals surface area contributed by atoms with Crippen LogP contribution in [0, 0.1) is 11.8 Å². The Morgan fingerprint density at radius 1 is 1.36 bits per heavy atom. The van der Waals surface area contributed by atoms with E-state index in [1.165, 1.54) is 7.11 Å². The van der Waals surface area contributed by atoms with Crippen molar-refractivity contribution in [2.75, 3.05) is 26.7 Å². The first-order valence-corrected chi connectivity index (χ1v) is 7.33. The molecule has 1 fully saturated rings. The summed E-state index contributed by atoms with van der Waals surface area (Å²) in [6.07, 6.45) is 1.65. The molecule has 5 heteroatoms. The van der Waals surface area contributed by atoms with Crippen molar-refractivity contribution in [2.24, 2.45) is 0 Å². The Morgan fingerprint density at radius 3 is 2.86 bits per heavy atom. The minimum Gasteiger partial charge on any atom is -0.468 e. The van der Waals surface area contributed by atoms with Crippen molar-refractivity contribution in [3.8, 4) is 11.8 Å². The zero-order valence-corrected chi connectivity index (χ0v) is 12.7. The zero-order chi connectivity index (χ0) is 15.8. The minimum absolute atomic E-state index is 0.127. The molecule has 22 heavy (non-hydrogen) atoms. The van der Waals surface area contributed by atoms with Gasteiger partial charge in [0.2, 0.25) is 5.91 Å². The zero-order valence-electron chi connectivity index (χ0n) is 12.7. The highest BCUT2D eigenvalue weighted by Gasteiger charge is 2.32. The van der Waals surface area contributed by atoms with Crippen LogP contribution in [0.2, 0.25) is 0 Å². The molecule has 0 spiro atoms. The maximum atomic E-state index is 11.9. The van der Waals surface area contributed by atoms with Crippen LogP contribution in [-0.4, -0.2) is 49.6 Å². The quantitative estimate of drug-likeness (QED) is 0.660. The fraction of sp³-hybridized carbons (Fsp3) is 0.412. The van der Waals surface area contributed by atoms with Crippen molar-refractivity contribution in [3.05, 3.63) is 35.9 Å². The van der Waals surface area contributed by atoms with Crippen LogP contribution in [-0.2, 0) is 14.3 Å². The van der Waals surface area contributed by atoms with Crippen LogP contribution < -0.4 is 5.32 Å². The Balaban J connectivity index is 1.76. The predicted octanol–water partition coefficient (Wildman–Crippen LogP) is 0.792. The lowest BCUT2D eigenvalue weighted by molar-refractivity contribution is -0.146. The van der Waals surface area contributed by atoms with E-state index in [4.69, 9.17) is 4.74 Å². The normalized spacial score (nSPS) is 17.4. The number of hydrogen-bond donors (Lipinski definition) is 1. The van der Waals surface area contributed by atoms with Crippen LogP contribution in [0.5, 0.6) is 0 Å². The molecule has 0 aromatic heterocycles. The third kappa shape index (κ3) is 4.61. The van der Waals surface area contributed by atoms with Gasteiger partial charge in [0.25, 0.3) is 0 Å². The number of nitrogens with zero attached hydrogens (tertiary/aromatic N) is 1. The second kappa shape index (κ2) is 8.20. The first kappa shape index (κ1) is 16.1. The number of benzene rings is 1. The third-order valence-electron chi connectivity index (χ3n) is 3.56. The summed E-state index contributed by atoms with van der Waals surface area (Å²) in [4.78, 5) is 25.4. The molecule has 2 rings (SSSR count). The molecule has 0 radical (unpaired) electrons. The smallest absolute Gasteiger partial charge is 0.323 e. The molecule has 0 unspecified atom stereocenters. The Kier molecular flexibility index (Phi) is 5.99. The monoisotopic (exact) mass is 300 g/mol. The van der Waals surface area contributed by atoms with Gasteiger partial charge in [-0.3, -0.25) is 14.5 Å². The molecule has 1 amide bonds. The number of methoxy groups -OCH3 is 1. The van der Waals surface area contributed by atoms with Crippen molar-refractivity contribution < 1.29 is 14.3 Å². The van der Waals surface area contributed by atoms with E-state index in [1.54, 1.807) is 0 Å². The van der Waals surface area contributed by atoms with Crippen LogP contribution in [0.3, 0.4) is 0 Å². The van der Waals surface area contributed by atoms with Crippen LogP contribution >= 0.6 is 0 Å². The Hall–Kier alpha value is -2.32. The van der Waals surface area contributed by atoms with E-state index in [2.05, 4.69) is 17.2 Å². The molecule has 1 aliphatic rings. The van der Waals surface area contributed by atoms with E-state index in [-0.39, 0.29) is 24.5 Å². The average Bonchev–Trinajstić information content (AvgIpc) is 3.00. The van der Waals surface area contributed by atoms with Gasteiger partial charge in [-0.15, -0.1) is 0 Å². The summed E-state index contributed by atoms with van der Waals surface area (Å²) in [5.41, 5.74) is 0.919. The molecule has 0 saturated carbocycles. The fourth-order valence-electron chi connectivity index (χ4n) is 2.47. The van der Waals surface area contributed by atoms with E-state index < -0.39 is 0 Å². The Bertz CT molecular complexity index is 575. The molecule has 0 aliphatic carbocycles. The van der Waals surface area contributed by atoms with Gasteiger partial charge in [-0.2, -0.15) is 0 Å². The van der Waals surface area contributed by atoms with Gasteiger partial charge in [0.15, 0.2) is 0 Å². The molecule has 1 aromatic carbocycles. The van der Waals surface area contributed by atoms with E-state index in [1.807, 2.05) is 35.2 Å². The van der Waals surface area contributed by atoms with Crippen LogP contribution in [0.4, 0.5) is 0 Å². The number of rotatable bonds is 4. The van der Waals surface area contributed by atoms with Crippen LogP contribution in [0.15, 0.2) is 30.3 Å². The van der Waals surface area contributed by atoms with Crippen molar-refractivity contribution in [1.82, 2.24) is 10.2 Å². The molecule has 1 aromatic rings. The lowest BCUT2D eigenvalue weighted by Gasteiger charge is -2.21. The molecular weight excluding hydrogens is 280 g/mol. The number of carbonyl (C=O) groups excluding carboxylic acids is 2. The maximum absolute atomic E-state index is 11.9. The Labute approximate surface area is 130 Å². The number of amides is 1. The van der Waals surface area contributed by atoms with E-state index >= 15 is 0 Å². The molecule has 1 saturated heterocycles. The lowest BCUT2D eigenvalue weighted by atomic mass is 10.2. The average molecular weight is 300 g/mol. The number of carbonyl (C=O) groups is 2. The van der Waals surface area contributed by atoms with Crippen molar-refractivity contribution in [2.45, 2.75) is 18.9 Å². The topological polar surface area (TPSA) is 58.6 Å². The van der Waals surface area contributed by atoms with Gasteiger partial charge >= 0.3 is 5.97 Å². The van der Waals surface area contributed by atoms with Crippen LogP contribution in [0.25, 0.3) is 0 Å². The SMILES string of the molecule is COC(=O)[C@@H]1CCCN1CC(=O)NCC#Cc1ccccc1. The lowest BCUT2D eigenvalue weighted by Crippen LogP contribution is -2.43. The summed E-state index contributed by atoms with van der Waals surface area (Å²) < 4.78 is 4.76. The standard InChI is InChI=1S/C17H20N2O3/c1-22-17(21)15-10-6-12-19(15)13-16(20)18-11-5-9-14-7-3-2-4-8-14/h2-4,7-8,15H,6,10-13H2,1H3,(H,18,20)/t15-/m0/s1. The van der Waals surface area contributed by atoms with Gasteiger partial charge in [-0.05, 0) is 31.5 Å². The second-order valence-electron chi connectivity index (χ2n) is 5.10. The fourth-order valence-corrected chi connectivity index (χ4v) is 2.47. The highest BCUT2D eigenvalue weighted by molar-refractivity contribution is 5.81. The van der Waals surface area contributed by atoms with Gasteiger partial charge in [0, 0.05) is 5.56 Å².